The van der Waals surface area contributed by atoms with Crippen LogP contribution in [0, 0.1) is 5.82 Å². The second-order valence-electron chi connectivity index (χ2n) is 6.80. The van der Waals surface area contributed by atoms with Crippen LogP contribution >= 0.6 is 0 Å². The first-order valence-electron chi connectivity index (χ1n) is 9.13. The third-order valence-electron chi connectivity index (χ3n) is 5.14. The molecule has 1 aromatic rings. The lowest BCUT2D eigenvalue weighted by atomic mass is 9.98. The summed E-state index contributed by atoms with van der Waals surface area (Å²) in [5, 5.41) is 0. The number of anilines is 1. The molecule has 0 unspecified atom stereocenters. The van der Waals surface area contributed by atoms with Gasteiger partial charge in [-0.05, 0) is 50.8 Å². The molecule has 2 aliphatic heterocycles. The third-order valence-corrected chi connectivity index (χ3v) is 5.14. The number of halogens is 1. The molecule has 0 N–H and O–H groups in total. The number of piperidine rings is 2. The zero-order chi connectivity index (χ0) is 16.1. The number of likely N-dealkylation sites (tertiary alicyclic amines) is 1. The summed E-state index contributed by atoms with van der Waals surface area (Å²) in [7, 11) is 0. The van der Waals surface area contributed by atoms with Crippen molar-refractivity contribution in [3.05, 3.63) is 30.1 Å². The Bertz CT molecular complexity index is 488. The Morgan fingerprint density at radius 2 is 1.91 bits per heavy atom. The van der Waals surface area contributed by atoms with Gasteiger partial charge in [-0.3, -0.25) is 4.90 Å². The number of hydrogen-bond donors (Lipinski definition) is 0. The van der Waals surface area contributed by atoms with Crippen LogP contribution in [0.15, 0.2) is 24.3 Å². The molecule has 2 aliphatic rings. The van der Waals surface area contributed by atoms with Crippen LogP contribution in [-0.2, 0) is 4.74 Å². The first kappa shape index (κ1) is 16.7. The number of benzene rings is 1. The van der Waals surface area contributed by atoms with Gasteiger partial charge in [-0.1, -0.05) is 19.1 Å². The minimum atomic E-state index is -0.100. The van der Waals surface area contributed by atoms with Crippen LogP contribution in [0.25, 0.3) is 0 Å². The lowest BCUT2D eigenvalue weighted by molar-refractivity contribution is -0.0155. The first-order chi connectivity index (χ1) is 11.3. The maximum absolute atomic E-state index is 13.9. The predicted octanol–water partition coefficient (Wildman–Crippen LogP) is 3.69. The van der Waals surface area contributed by atoms with Gasteiger partial charge in [0, 0.05) is 32.3 Å². The molecule has 0 amide bonds. The number of rotatable bonds is 5. The highest BCUT2D eigenvalue weighted by Crippen LogP contribution is 2.26. The van der Waals surface area contributed by atoms with E-state index in [2.05, 4.69) is 16.7 Å². The molecule has 3 rings (SSSR count). The van der Waals surface area contributed by atoms with E-state index >= 15 is 0 Å². The zero-order valence-corrected chi connectivity index (χ0v) is 14.2. The van der Waals surface area contributed by atoms with E-state index in [0.717, 1.165) is 51.2 Å². The molecule has 1 atom stereocenters. The molecule has 0 spiro atoms. The van der Waals surface area contributed by atoms with E-state index in [0.29, 0.717) is 12.1 Å². The van der Waals surface area contributed by atoms with Crippen molar-refractivity contribution in [2.75, 3.05) is 37.7 Å². The lowest BCUT2D eigenvalue weighted by Gasteiger charge is -2.42. The molecule has 0 aliphatic carbocycles. The second-order valence-corrected chi connectivity index (χ2v) is 6.80. The van der Waals surface area contributed by atoms with E-state index in [1.54, 1.807) is 12.1 Å². The molecule has 3 nitrogen and oxygen atoms in total. The van der Waals surface area contributed by atoms with Gasteiger partial charge in [0.25, 0.3) is 0 Å². The quantitative estimate of drug-likeness (QED) is 0.823. The maximum Gasteiger partial charge on any atom is 0.146 e. The van der Waals surface area contributed by atoms with Gasteiger partial charge in [0.2, 0.25) is 0 Å². The Balaban J connectivity index is 1.51. The molecule has 2 fully saturated rings. The first-order valence-corrected chi connectivity index (χ1v) is 9.13. The number of nitrogens with zero attached hydrogens (tertiary/aromatic N) is 2. The minimum absolute atomic E-state index is 0.100. The van der Waals surface area contributed by atoms with Crippen molar-refractivity contribution in [2.45, 2.75) is 51.2 Å². The standard InChI is InChI=1S/C19H29FN2O/c1-2-14-23-17-6-5-11-22(15-17)16-9-12-21(13-10-16)19-8-4-3-7-18(19)20/h3-4,7-8,16-17H,2,5-6,9-15H2,1H3/t17-/m0/s1. The molecule has 0 aromatic heterocycles. The molecule has 2 heterocycles. The van der Waals surface area contributed by atoms with E-state index in [9.17, 15) is 4.39 Å². The highest BCUT2D eigenvalue weighted by Gasteiger charge is 2.29. The van der Waals surface area contributed by atoms with Crippen molar-refractivity contribution in [3.63, 3.8) is 0 Å². The van der Waals surface area contributed by atoms with Gasteiger partial charge < -0.3 is 9.64 Å². The Morgan fingerprint density at radius 3 is 2.65 bits per heavy atom. The van der Waals surface area contributed by atoms with Crippen molar-refractivity contribution in [2.24, 2.45) is 0 Å². The summed E-state index contributed by atoms with van der Waals surface area (Å²) < 4.78 is 19.9. The summed E-state index contributed by atoms with van der Waals surface area (Å²) in [5.41, 5.74) is 0.758. The minimum Gasteiger partial charge on any atom is -0.377 e. The topological polar surface area (TPSA) is 15.7 Å². The SMILES string of the molecule is CCCO[C@H]1CCCN(C2CCN(c3ccccc3F)CC2)C1. The molecule has 1 aromatic carbocycles. The fourth-order valence-electron chi connectivity index (χ4n) is 3.90. The van der Waals surface area contributed by atoms with Crippen LogP contribution in [0.1, 0.15) is 39.0 Å². The van der Waals surface area contributed by atoms with Gasteiger partial charge in [0.15, 0.2) is 0 Å². The maximum atomic E-state index is 13.9. The summed E-state index contributed by atoms with van der Waals surface area (Å²) in [6.07, 6.45) is 6.18. The van der Waals surface area contributed by atoms with Crippen LogP contribution in [0.4, 0.5) is 10.1 Å². The lowest BCUT2D eigenvalue weighted by Crippen LogP contribution is -2.50. The van der Waals surface area contributed by atoms with E-state index in [4.69, 9.17) is 4.74 Å². The van der Waals surface area contributed by atoms with E-state index in [1.807, 2.05) is 12.1 Å². The van der Waals surface area contributed by atoms with Crippen LogP contribution < -0.4 is 4.90 Å². The van der Waals surface area contributed by atoms with Gasteiger partial charge in [0.05, 0.1) is 11.8 Å². The Morgan fingerprint density at radius 1 is 1.13 bits per heavy atom. The normalized spacial score (nSPS) is 24.1. The van der Waals surface area contributed by atoms with Crippen molar-refractivity contribution in [1.29, 1.82) is 0 Å². The van der Waals surface area contributed by atoms with E-state index in [1.165, 1.54) is 19.4 Å². The van der Waals surface area contributed by atoms with Crippen LogP contribution in [-0.4, -0.2) is 49.8 Å². The second kappa shape index (κ2) is 8.11. The summed E-state index contributed by atoms with van der Waals surface area (Å²) >= 11 is 0. The fourth-order valence-corrected chi connectivity index (χ4v) is 3.90. The van der Waals surface area contributed by atoms with Crippen molar-refractivity contribution in [3.8, 4) is 0 Å². The van der Waals surface area contributed by atoms with E-state index < -0.39 is 0 Å². The predicted molar refractivity (Wildman–Crippen MR) is 92.5 cm³/mol. The van der Waals surface area contributed by atoms with Crippen LogP contribution in [0.3, 0.4) is 0 Å². The van der Waals surface area contributed by atoms with Crippen LogP contribution in [0.5, 0.6) is 0 Å². The summed E-state index contributed by atoms with van der Waals surface area (Å²) in [5.74, 6) is -0.100. The summed E-state index contributed by atoms with van der Waals surface area (Å²) in [6.45, 7) is 7.20. The van der Waals surface area contributed by atoms with Gasteiger partial charge in [-0.25, -0.2) is 4.39 Å². The summed E-state index contributed by atoms with van der Waals surface area (Å²) in [4.78, 5) is 4.81. The Labute approximate surface area is 139 Å². The molecule has 128 valence electrons. The highest BCUT2D eigenvalue weighted by molar-refractivity contribution is 5.47. The van der Waals surface area contributed by atoms with Gasteiger partial charge in [-0.2, -0.15) is 0 Å². The zero-order valence-electron chi connectivity index (χ0n) is 14.2. The van der Waals surface area contributed by atoms with E-state index in [-0.39, 0.29) is 5.82 Å². The molecular formula is C19H29FN2O. The van der Waals surface area contributed by atoms with Crippen LogP contribution in [0.2, 0.25) is 0 Å². The molecule has 0 bridgehead atoms. The molecule has 4 heteroatoms. The summed E-state index contributed by atoms with van der Waals surface area (Å²) in [6, 6.07) is 7.76. The highest BCUT2D eigenvalue weighted by atomic mass is 19.1. The Kier molecular flexibility index (Phi) is 5.90. The smallest absolute Gasteiger partial charge is 0.146 e. The average molecular weight is 320 g/mol. The van der Waals surface area contributed by atoms with Gasteiger partial charge in [-0.15, -0.1) is 0 Å². The van der Waals surface area contributed by atoms with Gasteiger partial charge in [0.1, 0.15) is 5.82 Å². The van der Waals surface area contributed by atoms with Gasteiger partial charge >= 0.3 is 0 Å². The number of ether oxygens (including phenoxy) is 1. The number of para-hydroxylation sites is 1. The number of hydrogen-bond acceptors (Lipinski definition) is 3. The molecule has 0 saturated carbocycles. The molecule has 0 radical (unpaired) electrons. The van der Waals surface area contributed by atoms with Crippen molar-refractivity contribution < 1.29 is 9.13 Å². The van der Waals surface area contributed by atoms with Crippen molar-refractivity contribution in [1.82, 2.24) is 4.90 Å². The van der Waals surface area contributed by atoms with Crippen molar-refractivity contribution >= 4 is 5.69 Å². The largest absolute Gasteiger partial charge is 0.377 e. The fraction of sp³-hybridized carbons (Fsp3) is 0.684. The third kappa shape index (κ3) is 4.24. The molecule has 2 saturated heterocycles. The molecular weight excluding hydrogens is 291 g/mol. The molecule has 23 heavy (non-hydrogen) atoms. The monoisotopic (exact) mass is 320 g/mol. The Hall–Kier alpha value is -1.13. The average Bonchev–Trinajstić information content (AvgIpc) is 2.61.